The second kappa shape index (κ2) is 30.7. The van der Waals surface area contributed by atoms with Gasteiger partial charge < -0.3 is 81.7 Å². The number of carbonyl (C=O) groups is 9. The number of likely N-dealkylation sites (tertiary alicyclic amines) is 1. The molecule has 3 unspecified atom stereocenters. The number of primary amides is 2. The second-order valence-corrected chi connectivity index (χ2v) is 21.4. The summed E-state index contributed by atoms with van der Waals surface area (Å²) in [5.41, 5.74) is 41.5. The molecule has 9 amide bonds. The number of nitrogens with two attached hydrogens (primary N) is 7. The lowest BCUT2D eigenvalue weighted by atomic mass is 10.0. The van der Waals surface area contributed by atoms with Crippen LogP contribution in [0.4, 0.5) is 0 Å². The van der Waals surface area contributed by atoms with Crippen molar-refractivity contribution in [3.8, 4) is 5.75 Å². The van der Waals surface area contributed by atoms with E-state index in [-0.39, 0.29) is 69.4 Å². The predicted octanol–water partition coefficient (Wildman–Crippen LogP) is -2.80. The lowest BCUT2D eigenvalue weighted by molar-refractivity contribution is -0.142. The van der Waals surface area contributed by atoms with Crippen LogP contribution in [0.5, 0.6) is 5.75 Å². The van der Waals surface area contributed by atoms with Crippen molar-refractivity contribution in [2.45, 2.75) is 146 Å². The van der Waals surface area contributed by atoms with E-state index in [1.54, 1.807) is 38.1 Å². The highest BCUT2D eigenvalue weighted by atomic mass is 33.1. The Bertz CT molecular complexity index is 2320. The van der Waals surface area contributed by atoms with Crippen molar-refractivity contribution >= 4 is 86.7 Å². The Kier molecular flexibility index (Phi) is 24.9. The van der Waals surface area contributed by atoms with Crippen LogP contribution in [0.2, 0.25) is 0 Å². The molecule has 20 N–H and O–H groups in total. The van der Waals surface area contributed by atoms with Crippen LogP contribution in [-0.2, 0) is 49.6 Å². The van der Waals surface area contributed by atoms with Gasteiger partial charge in [-0.05, 0) is 94.7 Å². The molecule has 1 aromatic rings. The molecule has 2 heterocycles. The lowest BCUT2D eigenvalue weighted by Crippen LogP contribution is -2.61. The first-order valence-electron chi connectivity index (χ1n) is 25.4. The minimum atomic E-state index is -1.68. The summed E-state index contributed by atoms with van der Waals surface area (Å²) in [4.78, 5) is 135. The fraction of sp³-hybridized carbons (Fsp3) is 0.604. The number of amides is 9. The molecular weight excluding hydrogens is 1020 g/mol. The van der Waals surface area contributed by atoms with Crippen LogP contribution < -0.4 is 76.8 Å². The zero-order chi connectivity index (χ0) is 56.1. The summed E-state index contributed by atoms with van der Waals surface area (Å²) < 4.78 is 5.60. The SMILES string of the molecule is CCOc1ccc(CC2NC(=O)[C@@H](N)C(=C3CCCC3)SSCC(C(=O)N3CCC[C@H]3C(=O)N[C@@H](CCCN=C(N)N)C(N)=O)NC(=O)[C@H](CC(N)=O)NC(=O)[C@H](C(C)C)NC(=O)C(CCCN=C(N)N)NC2=O)cc1. The van der Waals surface area contributed by atoms with Crippen LogP contribution in [0.15, 0.2) is 44.7 Å². The number of benzene rings is 1. The first kappa shape index (κ1) is 61.7. The second-order valence-electron chi connectivity index (χ2n) is 19.0. The van der Waals surface area contributed by atoms with E-state index in [0.29, 0.717) is 48.5 Å². The van der Waals surface area contributed by atoms with Crippen LogP contribution in [0.3, 0.4) is 0 Å². The highest BCUT2D eigenvalue weighted by Crippen LogP contribution is 2.40. The molecule has 420 valence electrons. The summed E-state index contributed by atoms with van der Waals surface area (Å²) in [6.45, 7) is 5.79. The predicted molar refractivity (Wildman–Crippen MR) is 289 cm³/mol. The minimum Gasteiger partial charge on any atom is -0.494 e. The number of hydrogen-bond acceptors (Lipinski definition) is 15. The van der Waals surface area contributed by atoms with Crippen molar-refractivity contribution in [2.75, 3.05) is 32.0 Å². The van der Waals surface area contributed by atoms with Crippen molar-refractivity contribution in [1.82, 2.24) is 36.8 Å². The summed E-state index contributed by atoms with van der Waals surface area (Å²) in [6.07, 6.45) is 3.13. The number of nitrogens with one attached hydrogen (secondary N) is 6. The van der Waals surface area contributed by atoms with E-state index in [1.165, 1.54) is 4.90 Å². The van der Waals surface area contributed by atoms with Crippen molar-refractivity contribution in [2.24, 2.45) is 56.0 Å². The van der Waals surface area contributed by atoms with Gasteiger partial charge in [0.05, 0.1) is 13.0 Å². The normalized spacial score (nSPS) is 23.7. The Balaban J connectivity index is 1.78. The Morgan fingerprint density at radius 3 is 1.99 bits per heavy atom. The van der Waals surface area contributed by atoms with Crippen LogP contribution in [-0.4, -0.2) is 150 Å². The lowest BCUT2D eigenvalue weighted by Gasteiger charge is -2.31. The fourth-order valence-electron chi connectivity index (χ4n) is 8.77. The van der Waals surface area contributed by atoms with Gasteiger partial charge in [-0.1, -0.05) is 53.1 Å². The summed E-state index contributed by atoms with van der Waals surface area (Å²) in [6, 6.07) is -3.77. The number of guanidine groups is 2. The standard InChI is InChI=1S/C48H76N16O10S2/c1-4-74-28-17-15-26(16-18-28)22-31-41(68)59-30(13-8-20-57-48(54)55)40(67)63-37(25(2)3)45(72)61-32(23-35(49)65)42(69)62-33(24-75-76-38(27-10-5-6-11-27)36(50)44(71)60-31)46(73)64-21-9-14-34(64)43(70)58-29(39(51)66)12-7-19-56-47(52)53/h15-18,25,29-34,36-37H,4-14,19-24,50H2,1-3H3,(H2,49,65)(H2,51,66)(H,58,70)(H,59,68)(H,60,71)(H,61,72)(H,62,69)(H,63,67)(H4,52,53,56)(H4,54,55,57)/t29-,30?,31?,32-,33?,34-,36-,37-/m0/s1. The molecule has 8 atom stereocenters. The van der Waals surface area contributed by atoms with E-state index in [1.807, 2.05) is 6.92 Å². The molecule has 2 saturated heterocycles. The van der Waals surface area contributed by atoms with E-state index in [4.69, 9.17) is 44.9 Å². The van der Waals surface area contributed by atoms with Crippen molar-refractivity contribution in [1.29, 1.82) is 0 Å². The van der Waals surface area contributed by atoms with Gasteiger partial charge in [0.15, 0.2) is 11.9 Å². The zero-order valence-corrected chi connectivity index (χ0v) is 44.9. The molecule has 0 spiro atoms. The van der Waals surface area contributed by atoms with E-state index in [9.17, 15) is 43.2 Å². The van der Waals surface area contributed by atoms with Gasteiger partial charge in [0, 0.05) is 36.7 Å². The Morgan fingerprint density at radius 1 is 0.776 bits per heavy atom. The smallest absolute Gasteiger partial charge is 0.246 e. The third kappa shape index (κ3) is 19.4. The average Bonchev–Trinajstić information content (AvgIpc) is 4.09. The number of aliphatic imine (C=N–C) groups is 2. The largest absolute Gasteiger partial charge is 0.494 e. The third-order valence-corrected chi connectivity index (χ3v) is 15.3. The van der Waals surface area contributed by atoms with Gasteiger partial charge in [0.1, 0.15) is 54.1 Å². The molecule has 3 fully saturated rings. The number of allylic oxidation sites excluding steroid dienone is 1. The molecule has 0 aromatic heterocycles. The van der Waals surface area contributed by atoms with Crippen LogP contribution in [0.25, 0.3) is 0 Å². The van der Waals surface area contributed by atoms with E-state index in [2.05, 4.69) is 41.9 Å². The van der Waals surface area contributed by atoms with Gasteiger partial charge in [0.2, 0.25) is 53.2 Å². The summed E-state index contributed by atoms with van der Waals surface area (Å²) in [7, 11) is 2.19. The summed E-state index contributed by atoms with van der Waals surface area (Å²) >= 11 is 0. The molecule has 0 bridgehead atoms. The van der Waals surface area contributed by atoms with Crippen molar-refractivity contribution < 1.29 is 47.9 Å². The van der Waals surface area contributed by atoms with Gasteiger partial charge >= 0.3 is 0 Å². The number of nitrogens with zero attached hydrogens (tertiary/aromatic N) is 3. The van der Waals surface area contributed by atoms with Gasteiger partial charge in [-0.3, -0.25) is 53.1 Å². The van der Waals surface area contributed by atoms with Crippen LogP contribution in [0.1, 0.15) is 97.0 Å². The summed E-state index contributed by atoms with van der Waals surface area (Å²) in [5, 5.41) is 16.1. The van der Waals surface area contributed by atoms with Crippen LogP contribution >= 0.6 is 21.6 Å². The first-order valence-corrected chi connectivity index (χ1v) is 27.7. The van der Waals surface area contributed by atoms with Crippen molar-refractivity contribution in [3.63, 3.8) is 0 Å². The minimum absolute atomic E-state index is 0.0395. The molecule has 2 aliphatic heterocycles. The molecule has 76 heavy (non-hydrogen) atoms. The van der Waals surface area contributed by atoms with E-state index in [0.717, 1.165) is 40.0 Å². The molecule has 0 radical (unpaired) electrons. The molecule has 1 aromatic carbocycles. The number of ether oxygens (including phenoxy) is 1. The van der Waals surface area contributed by atoms with Gasteiger partial charge in [-0.2, -0.15) is 0 Å². The quantitative estimate of drug-likeness (QED) is 0.0288. The molecular formula is C48H76N16O10S2. The molecule has 3 aliphatic rings. The van der Waals surface area contributed by atoms with E-state index >= 15 is 0 Å². The molecule has 1 aliphatic carbocycles. The zero-order valence-electron chi connectivity index (χ0n) is 43.3. The highest BCUT2D eigenvalue weighted by Gasteiger charge is 2.41. The van der Waals surface area contributed by atoms with Gasteiger partial charge in [-0.25, -0.2) is 0 Å². The van der Waals surface area contributed by atoms with Crippen molar-refractivity contribution in [3.05, 3.63) is 40.3 Å². The van der Waals surface area contributed by atoms with Gasteiger partial charge in [-0.15, -0.1) is 0 Å². The maximum atomic E-state index is 14.8. The first-order chi connectivity index (χ1) is 36.1. The molecule has 4 rings (SSSR count). The topological polar surface area (TPSA) is 445 Å². The number of rotatable bonds is 19. The highest BCUT2D eigenvalue weighted by molar-refractivity contribution is 8.78. The monoisotopic (exact) mass is 1100 g/mol. The third-order valence-electron chi connectivity index (χ3n) is 12.7. The Hall–Kier alpha value is -6.81. The van der Waals surface area contributed by atoms with Crippen LogP contribution in [0, 0.1) is 5.92 Å². The van der Waals surface area contributed by atoms with E-state index < -0.39 is 114 Å². The number of carbonyl (C=O) groups excluding carboxylic acids is 9. The maximum Gasteiger partial charge on any atom is 0.246 e. The van der Waals surface area contributed by atoms with Gasteiger partial charge in [0.25, 0.3) is 0 Å². The molecule has 26 nitrogen and oxygen atoms in total. The Morgan fingerprint density at radius 2 is 1.38 bits per heavy atom. The molecule has 28 heteroatoms. The molecule has 1 saturated carbocycles. The average molecular weight is 1100 g/mol. The Labute approximate surface area is 449 Å². The maximum absolute atomic E-state index is 14.8. The number of hydrogen-bond donors (Lipinski definition) is 13. The fourth-order valence-corrected chi connectivity index (χ4v) is 11.5. The summed E-state index contributed by atoms with van der Waals surface area (Å²) in [5.74, 6) is -8.01.